The van der Waals surface area contributed by atoms with E-state index in [9.17, 15) is 0 Å². The van der Waals surface area contributed by atoms with Crippen LogP contribution in [0, 0.1) is 6.92 Å². The van der Waals surface area contributed by atoms with E-state index in [0.717, 1.165) is 21.7 Å². The van der Waals surface area contributed by atoms with Gasteiger partial charge in [0.1, 0.15) is 12.4 Å². The van der Waals surface area contributed by atoms with Crippen LogP contribution in [-0.4, -0.2) is 9.38 Å². The lowest BCUT2D eigenvalue weighted by atomic mass is 10.1. The Morgan fingerprint density at radius 2 is 2.32 bits per heavy atom. The lowest BCUT2D eigenvalue weighted by Gasteiger charge is -2.09. The van der Waals surface area contributed by atoms with Crippen LogP contribution in [0.25, 0.3) is 4.96 Å². The minimum Gasteiger partial charge on any atom is -0.487 e. The molecular formula is C14H13BrN2OS. The molecule has 0 fully saturated rings. The van der Waals surface area contributed by atoms with Crippen LogP contribution in [0.2, 0.25) is 0 Å². The van der Waals surface area contributed by atoms with Crippen molar-refractivity contribution in [3.8, 4) is 5.75 Å². The SMILES string of the molecule is Cc1ccc(OCc2cn3ccsc3n2)c(CBr)c1. The Balaban J connectivity index is 1.77. The molecule has 0 radical (unpaired) electrons. The molecule has 0 amide bonds. The first-order valence-corrected chi connectivity index (χ1v) is 7.96. The number of benzene rings is 1. The highest BCUT2D eigenvalue weighted by Gasteiger charge is 2.06. The second kappa shape index (κ2) is 5.35. The van der Waals surface area contributed by atoms with Gasteiger partial charge in [0, 0.05) is 28.7 Å². The molecular weight excluding hydrogens is 324 g/mol. The molecule has 2 heterocycles. The van der Waals surface area contributed by atoms with E-state index >= 15 is 0 Å². The number of thiazole rings is 1. The van der Waals surface area contributed by atoms with Gasteiger partial charge in [0.2, 0.25) is 0 Å². The second-order valence-corrected chi connectivity index (χ2v) is 5.79. The van der Waals surface area contributed by atoms with E-state index < -0.39 is 0 Å². The molecule has 0 aliphatic carbocycles. The number of imidazole rings is 1. The molecule has 3 nitrogen and oxygen atoms in total. The zero-order chi connectivity index (χ0) is 13.2. The van der Waals surface area contributed by atoms with Crippen LogP contribution in [0.3, 0.4) is 0 Å². The minimum atomic E-state index is 0.497. The summed E-state index contributed by atoms with van der Waals surface area (Å²) in [4.78, 5) is 5.51. The van der Waals surface area contributed by atoms with Gasteiger partial charge in [-0.15, -0.1) is 11.3 Å². The van der Waals surface area contributed by atoms with Crippen molar-refractivity contribution < 1.29 is 4.74 Å². The summed E-state index contributed by atoms with van der Waals surface area (Å²) < 4.78 is 7.88. The Kier molecular flexibility index (Phi) is 3.57. The number of hydrogen-bond acceptors (Lipinski definition) is 3. The fourth-order valence-electron chi connectivity index (χ4n) is 1.95. The molecule has 3 aromatic rings. The minimum absolute atomic E-state index is 0.497. The van der Waals surface area contributed by atoms with Crippen LogP contribution in [0.4, 0.5) is 0 Å². The van der Waals surface area contributed by atoms with Crippen molar-refractivity contribution in [3.63, 3.8) is 0 Å². The van der Waals surface area contributed by atoms with Gasteiger partial charge in [-0.2, -0.15) is 0 Å². The Bertz CT molecular complexity index is 676. The lowest BCUT2D eigenvalue weighted by molar-refractivity contribution is 0.300. The molecule has 5 heteroatoms. The fourth-order valence-corrected chi connectivity index (χ4v) is 3.11. The summed E-state index contributed by atoms with van der Waals surface area (Å²) >= 11 is 5.12. The van der Waals surface area contributed by atoms with Crippen molar-refractivity contribution in [2.45, 2.75) is 18.9 Å². The molecule has 1 aromatic carbocycles. The zero-order valence-electron chi connectivity index (χ0n) is 10.5. The topological polar surface area (TPSA) is 26.5 Å². The van der Waals surface area contributed by atoms with Gasteiger partial charge in [-0.3, -0.25) is 4.40 Å². The first kappa shape index (κ1) is 12.7. The summed E-state index contributed by atoms with van der Waals surface area (Å²) in [6.07, 6.45) is 4.01. The Morgan fingerprint density at radius 1 is 1.42 bits per heavy atom. The molecule has 0 aliphatic rings. The van der Waals surface area contributed by atoms with Gasteiger partial charge in [-0.05, 0) is 13.0 Å². The third kappa shape index (κ3) is 2.67. The van der Waals surface area contributed by atoms with Gasteiger partial charge in [-0.1, -0.05) is 33.6 Å². The van der Waals surface area contributed by atoms with Gasteiger partial charge in [-0.25, -0.2) is 4.98 Å². The standard InChI is InChI=1S/C14H13BrN2OS/c1-10-2-3-13(11(6-10)7-15)18-9-12-8-17-4-5-19-14(17)16-12/h2-6,8H,7,9H2,1H3. The van der Waals surface area contributed by atoms with E-state index in [0.29, 0.717) is 6.61 Å². The second-order valence-electron chi connectivity index (χ2n) is 4.36. The lowest BCUT2D eigenvalue weighted by Crippen LogP contribution is -1.98. The third-order valence-electron chi connectivity index (χ3n) is 2.88. The van der Waals surface area contributed by atoms with Crippen LogP contribution >= 0.6 is 27.3 Å². The normalized spacial score (nSPS) is 11.1. The maximum Gasteiger partial charge on any atom is 0.193 e. The Hall–Kier alpha value is -1.33. The summed E-state index contributed by atoms with van der Waals surface area (Å²) in [6.45, 7) is 2.58. The number of aromatic nitrogens is 2. The molecule has 0 bridgehead atoms. The number of aryl methyl sites for hydroxylation is 1. The average Bonchev–Trinajstić information content (AvgIpc) is 2.97. The predicted molar refractivity (Wildman–Crippen MR) is 81.2 cm³/mol. The predicted octanol–water partition coefficient (Wildman–Crippen LogP) is 4.18. The molecule has 0 saturated carbocycles. The molecule has 98 valence electrons. The molecule has 19 heavy (non-hydrogen) atoms. The number of rotatable bonds is 4. The number of nitrogens with zero attached hydrogens (tertiary/aromatic N) is 2. The highest BCUT2D eigenvalue weighted by Crippen LogP contribution is 2.23. The van der Waals surface area contributed by atoms with Crippen LogP contribution < -0.4 is 4.74 Å². The highest BCUT2D eigenvalue weighted by atomic mass is 79.9. The first-order valence-electron chi connectivity index (χ1n) is 5.95. The largest absolute Gasteiger partial charge is 0.487 e. The summed E-state index contributed by atoms with van der Waals surface area (Å²) in [5, 5.41) is 2.82. The Morgan fingerprint density at radius 3 is 3.11 bits per heavy atom. The number of halogens is 1. The Labute approximate surface area is 124 Å². The van der Waals surface area contributed by atoms with Crippen molar-refractivity contribution in [1.29, 1.82) is 0 Å². The molecule has 0 spiro atoms. The molecule has 0 N–H and O–H groups in total. The van der Waals surface area contributed by atoms with Crippen LogP contribution in [0.5, 0.6) is 5.75 Å². The van der Waals surface area contributed by atoms with E-state index in [4.69, 9.17) is 4.74 Å². The van der Waals surface area contributed by atoms with Crippen LogP contribution in [-0.2, 0) is 11.9 Å². The van der Waals surface area contributed by atoms with Gasteiger partial charge >= 0.3 is 0 Å². The summed E-state index contributed by atoms with van der Waals surface area (Å²) in [6, 6.07) is 6.22. The van der Waals surface area contributed by atoms with Crippen molar-refractivity contribution in [2.24, 2.45) is 0 Å². The van der Waals surface area contributed by atoms with Crippen molar-refractivity contribution in [1.82, 2.24) is 9.38 Å². The monoisotopic (exact) mass is 336 g/mol. The number of ether oxygens (including phenoxy) is 1. The molecule has 0 atom stereocenters. The number of alkyl halides is 1. The van der Waals surface area contributed by atoms with Crippen molar-refractivity contribution in [3.05, 3.63) is 52.8 Å². The van der Waals surface area contributed by atoms with E-state index in [1.165, 1.54) is 11.1 Å². The van der Waals surface area contributed by atoms with Crippen molar-refractivity contribution >= 4 is 32.2 Å². The van der Waals surface area contributed by atoms with Gasteiger partial charge in [0.25, 0.3) is 0 Å². The van der Waals surface area contributed by atoms with Gasteiger partial charge in [0.05, 0.1) is 5.69 Å². The molecule has 3 rings (SSSR count). The summed E-state index contributed by atoms with van der Waals surface area (Å²) in [5.41, 5.74) is 3.36. The van der Waals surface area contributed by atoms with Gasteiger partial charge in [0.15, 0.2) is 4.96 Å². The number of fused-ring (bicyclic) bond motifs is 1. The molecule has 0 saturated heterocycles. The molecule has 0 unspecified atom stereocenters. The van der Waals surface area contributed by atoms with E-state index in [1.54, 1.807) is 11.3 Å². The quantitative estimate of drug-likeness (QED) is 0.668. The third-order valence-corrected chi connectivity index (χ3v) is 4.25. The summed E-state index contributed by atoms with van der Waals surface area (Å²) in [5.74, 6) is 0.916. The van der Waals surface area contributed by atoms with Gasteiger partial charge < -0.3 is 4.74 Å². The van der Waals surface area contributed by atoms with Crippen LogP contribution in [0.1, 0.15) is 16.8 Å². The first-order chi connectivity index (χ1) is 9.26. The van der Waals surface area contributed by atoms with E-state index in [1.807, 2.05) is 28.2 Å². The smallest absolute Gasteiger partial charge is 0.193 e. The maximum atomic E-state index is 5.87. The zero-order valence-corrected chi connectivity index (χ0v) is 12.9. The van der Waals surface area contributed by atoms with Crippen molar-refractivity contribution in [2.75, 3.05) is 0 Å². The van der Waals surface area contributed by atoms with Crippen LogP contribution in [0.15, 0.2) is 36.0 Å². The summed E-state index contributed by atoms with van der Waals surface area (Å²) in [7, 11) is 0. The average molecular weight is 337 g/mol. The highest BCUT2D eigenvalue weighted by molar-refractivity contribution is 9.08. The van der Waals surface area contributed by atoms with E-state index in [-0.39, 0.29) is 0 Å². The maximum absolute atomic E-state index is 5.87. The molecule has 0 aliphatic heterocycles. The number of hydrogen-bond donors (Lipinski definition) is 0. The molecule has 2 aromatic heterocycles. The fraction of sp³-hybridized carbons (Fsp3) is 0.214. The van der Waals surface area contributed by atoms with E-state index in [2.05, 4.69) is 40.0 Å².